The Morgan fingerprint density at radius 1 is 1.47 bits per heavy atom. The van der Waals surface area contributed by atoms with E-state index in [0.29, 0.717) is 11.7 Å². The lowest BCUT2D eigenvalue weighted by atomic mass is 10.1. The Balaban J connectivity index is 1.99. The molecule has 15 heavy (non-hydrogen) atoms. The number of aliphatic hydroxyl groups excluding tert-OH is 1. The van der Waals surface area contributed by atoms with Crippen molar-refractivity contribution in [3.8, 4) is 0 Å². The summed E-state index contributed by atoms with van der Waals surface area (Å²) in [5, 5.41) is 13.2. The molecule has 0 bridgehead atoms. The van der Waals surface area contributed by atoms with E-state index in [1.54, 1.807) is 0 Å². The van der Waals surface area contributed by atoms with E-state index in [9.17, 15) is 5.11 Å². The van der Waals surface area contributed by atoms with Gasteiger partial charge >= 0.3 is 0 Å². The topological polar surface area (TPSA) is 62.4 Å². The predicted octanol–water partition coefficient (Wildman–Crippen LogP) is 0.896. The van der Waals surface area contributed by atoms with E-state index in [1.807, 2.05) is 6.92 Å². The Hall–Kier alpha value is -0.940. The summed E-state index contributed by atoms with van der Waals surface area (Å²) in [5.74, 6) is 1.35. The average molecular weight is 211 g/mol. The second-order valence-corrected chi connectivity index (χ2v) is 4.12. The van der Waals surface area contributed by atoms with Crippen LogP contribution in [0.2, 0.25) is 0 Å². The summed E-state index contributed by atoms with van der Waals surface area (Å²) >= 11 is 0. The van der Waals surface area contributed by atoms with Gasteiger partial charge in [0.05, 0.1) is 12.1 Å². The van der Waals surface area contributed by atoms with Gasteiger partial charge in [-0.05, 0) is 26.7 Å². The van der Waals surface area contributed by atoms with E-state index < -0.39 is 0 Å². The molecule has 2 heterocycles. The van der Waals surface area contributed by atoms with Crippen LogP contribution < -0.4 is 0 Å². The third-order valence-corrected chi connectivity index (χ3v) is 2.95. The number of hydrogen-bond donors (Lipinski definition) is 1. The maximum Gasteiger partial charge on any atom is 0.243 e. The molecule has 1 atom stereocenters. The number of rotatable bonds is 2. The van der Waals surface area contributed by atoms with Gasteiger partial charge in [-0.25, -0.2) is 0 Å². The zero-order valence-electron chi connectivity index (χ0n) is 9.18. The van der Waals surface area contributed by atoms with Crippen molar-refractivity contribution in [1.82, 2.24) is 15.0 Å². The van der Waals surface area contributed by atoms with Crippen molar-refractivity contribution < 1.29 is 9.63 Å². The number of likely N-dealkylation sites (tertiary alicyclic amines) is 1. The molecule has 0 radical (unpaired) electrons. The van der Waals surface area contributed by atoms with Crippen molar-refractivity contribution in [2.24, 2.45) is 0 Å². The molecule has 1 aromatic rings. The molecular weight excluding hydrogens is 194 g/mol. The van der Waals surface area contributed by atoms with Crippen LogP contribution in [0.25, 0.3) is 0 Å². The van der Waals surface area contributed by atoms with Crippen LogP contribution in [0.4, 0.5) is 0 Å². The third-order valence-electron chi connectivity index (χ3n) is 2.95. The highest BCUT2D eigenvalue weighted by atomic mass is 16.5. The Labute approximate surface area is 89.1 Å². The zero-order chi connectivity index (χ0) is 10.8. The number of aryl methyl sites for hydroxylation is 1. The van der Waals surface area contributed by atoms with Gasteiger partial charge in [-0.15, -0.1) is 0 Å². The minimum Gasteiger partial charge on any atom is -0.393 e. The fraction of sp³-hybridized carbons (Fsp3) is 0.800. The van der Waals surface area contributed by atoms with Gasteiger partial charge < -0.3 is 9.63 Å². The fourth-order valence-electron chi connectivity index (χ4n) is 1.91. The highest BCUT2D eigenvalue weighted by molar-refractivity contribution is 4.91. The summed E-state index contributed by atoms with van der Waals surface area (Å²) in [4.78, 5) is 6.49. The second-order valence-electron chi connectivity index (χ2n) is 4.12. The monoisotopic (exact) mass is 211 g/mol. The summed E-state index contributed by atoms with van der Waals surface area (Å²) in [6, 6.07) is 0.152. The molecule has 84 valence electrons. The number of piperidine rings is 1. The van der Waals surface area contributed by atoms with Crippen molar-refractivity contribution in [2.75, 3.05) is 13.1 Å². The fourth-order valence-corrected chi connectivity index (χ4v) is 1.91. The van der Waals surface area contributed by atoms with E-state index in [2.05, 4.69) is 22.0 Å². The molecule has 2 rings (SSSR count). The maximum absolute atomic E-state index is 9.41. The van der Waals surface area contributed by atoms with Crippen molar-refractivity contribution in [3.05, 3.63) is 11.7 Å². The van der Waals surface area contributed by atoms with Gasteiger partial charge in [0, 0.05) is 13.1 Å². The first-order valence-electron chi connectivity index (χ1n) is 5.39. The first kappa shape index (κ1) is 10.6. The molecular formula is C10H17N3O2. The standard InChI is InChI=1S/C10H17N3O2/c1-7(10-11-8(2)12-15-10)13-5-3-9(14)4-6-13/h7,9,14H,3-6H2,1-2H3/t7-/m1/s1. The number of aliphatic hydroxyl groups is 1. The van der Waals surface area contributed by atoms with E-state index in [1.165, 1.54) is 0 Å². The van der Waals surface area contributed by atoms with Crippen LogP contribution in [0.15, 0.2) is 4.52 Å². The molecule has 1 aliphatic heterocycles. The molecule has 1 saturated heterocycles. The van der Waals surface area contributed by atoms with Crippen LogP contribution in [-0.2, 0) is 0 Å². The summed E-state index contributed by atoms with van der Waals surface area (Å²) in [6.07, 6.45) is 1.52. The van der Waals surface area contributed by atoms with Crippen LogP contribution >= 0.6 is 0 Å². The average Bonchev–Trinajstić information content (AvgIpc) is 2.65. The van der Waals surface area contributed by atoms with Gasteiger partial charge in [0.1, 0.15) is 0 Å². The molecule has 0 amide bonds. The van der Waals surface area contributed by atoms with Gasteiger partial charge in [0.15, 0.2) is 5.82 Å². The quantitative estimate of drug-likeness (QED) is 0.787. The second kappa shape index (κ2) is 4.28. The number of hydrogen-bond acceptors (Lipinski definition) is 5. The van der Waals surface area contributed by atoms with E-state index in [-0.39, 0.29) is 12.1 Å². The minimum absolute atomic E-state index is 0.141. The third kappa shape index (κ3) is 2.35. The van der Waals surface area contributed by atoms with Gasteiger partial charge in [-0.2, -0.15) is 4.98 Å². The molecule has 0 unspecified atom stereocenters. The van der Waals surface area contributed by atoms with E-state index >= 15 is 0 Å². The van der Waals surface area contributed by atoms with Gasteiger partial charge in [0.25, 0.3) is 0 Å². The molecule has 0 spiro atoms. The highest BCUT2D eigenvalue weighted by Crippen LogP contribution is 2.22. The Morgan fingerprint density at radius 2 is 2.13 bits per heavy atom. The zero-order valence-corrected chi connectivity index (χ0v) is 9.18. The molecule has 1 N–H and O–H groups in total. The Kier molecular flexibility index (Phi) is 3.02. The summed E-state index contributed by atoms with van der Waals surface area (Å²) in [7, 11) is 0. The van der Waals surface area contributed by atoms with Crippen molar-refractivity contribution in [2.45, 2.75) is 38.8 Å². The Morgan fingerprint density at radius 3 is 2.67 bits per heavy atom. The molecule has 0 aliphatic carbocycles. The first-order valence-corrected chi connectivity index (χ1v) is 5.39. The molecule has 5 nitrogen and oxygen atoms in total. The van der Waals surface area contributed by atoms with Gasteiger partial charge in [-0.3, -0.25) is 4.90 Å². The molecule has 0 aromatic carbocycles. The molecule has 1 aromatic heterocycles. The highest BCUT2D eigenvalue weighted by Gasteiger charge is 2.25. The van der Waals surface area contributed by atoms with Crippen LogP contribution in [0.1, 0.15) is 37.5 Å². The minimum atomic E-state index is -0.141. The van der Waals surface area contributed by atoms with Crippen LogP contribution in [0.3, 0.4) is 0 Å². The molecule has 1 aliphatic rings. The smallest absolute Gasteiger partial charge is 0.243 e. The number of aromatic nitrogens is 2. The lowest BCUT2D eigenvalue weighted by Crippen LogP contribution is -2.37. The normalized spacial score (nSPS) is 21.8. The maximum atomic E-state index is 9.41. The van der Waals surface area contributed by atoms with Crippen LogP contribution in [0.5, 0.6) is 0 Å². The Bertz CT molecular complexity index is 318. The lowest BCUT2D eigenvalue weighted by Gasteiger charge is -2.32. The van der Waals surface area contributed by atoms with Crippen LogP contribution in [-0.4, -0.2) is 39.3 Å². The van der Waals surface area contributed by atoms with Crippen LogP contribution in [0, 0.1) is 6.92 Å². The number of nitrogens with zero attached hydrogens (tertiary/aromatic N) is 3. The van der Waals surface area contributed by atoms with Crippen molar-refractivity contribution in [3.63, 3.8) is 0 Å². The molecule has 0 saturated carbocycles. The van der Waals surface area contributed by atoms with E-state index in [0.717, 1.165) is 25.9 Å². The first-order chi connectivity index (χ1) is 7.16. The molecule has 5 heteroatoms. The van der Waals surface area contributed by atoms with Gasteiger partial charge in [0.2, 0.25) is 5.89 Å². The largest absolute Gasteiger partial charge is 0.393 e. The van der Waals surface area contributed by atoms with Crippen molar-refractivity contribution >= 4 is 0 Å². The van der Waals surface area contributed by atoms with Gasteiger partial charge in [-0.1, -0.05) is 5.16 Å². The predicted molar refractivity (Wildman–Crippen MR) is 54.3 cm³/mol. The summed E-state index contributed by atoms with van der Waals surface area (Å²) in [5.41, 5.74) is 0. The molecule has 1 fully saturated rings. The summed E-state index contributed by atoms with van der Waals surface area (Å²) in [6.45, 7) is 5.66. The summed E-state index contributed by atoms with van der Waals surface area (Å²) < 4.78 is 5.14. The van der Waals surface area contributed by atoms with E-state index in [4.69, 9.17) is 4.52 Å². The van der Waals surface area contributed by atoms with Crippen molar-refractivity contribution in [1.29, 1.82) is 0 Å². The lowest BCUT2D eigenvalue weighted by molar-refractivity contribution is 0.0564. The SMILES string of the molecule is Cc1noc([C@@H](C)N2CCC(O)CC2)n1.